The Bertz CT molecular complexity index is 396. The fourth-order valence-corrected chi connectivity index (χ4v) is 2.63. The zero-order chi connectivity index (χ0) is 12.8. The van der Waals surface area contributed by atoms with E-state index < -0.39 is 0 Å². The Hall–Kier alpha value is -0.300. The highest BCUT2D eigenvalue weighted by molar-refractivity contribution is 14.1. The molecule has 0 heterocycles. The van der Waals surface area contributed by atoms with E-state index in [0.29, 0.717) is 19.0 Å². The van der Waals surface area contributed by atoms with Crippen LogP contribution in [0.15, 0.2) is 22.7 Å². The topological polar surface area (TPSA) is 41.1 Å². The maximum absolute atomic E-state index is 11.5. The third-order valence-corrected chi connectivity index (χ3v) is 3.41. The molecule has 0 aliphatic carbocycles. The quantitative estimate of drug-likeness (QED) is 0.731. The van der Waals surface area contributed by atoms with Gasteiger partial charge in [-0.3, -0.25) is 4.79 Å². The summed E-state index contributed by atoms with van der Waals surface area (Å²) in [4.78, 5) is 11.5. The molecule has 0 bridgehead atoms. The van der Waals surface area contributed by atoms with E-state index in [1.807, 2.05) is 18.2 Å². The predicted molar refractivity (Wildman–Crippen MR) is 83.2 cm³/mol. The second-order valence-corrected chi connectivity index (χ2v) is 6.28. The zero-order valence-corrected chi connectivity index (χ0v) is 13.6. The first-order valence-corrected chi connectivity index (χ1v) is 7.32. The van der Waals surface area contributed by atoms with Crippen molar-refractivity contribution in [3.05, 3.63) is 26.2 Å². The van der Waals surface area contributed by atoms with Gasteiger partial charge in [0.2, 0.25) is 5.91 Å². The highest BCUT2D eigenvalue weighted by atomic mass is 127. The summed E-state index contributed by atoms with van der Waals surface area (Å²) in [7, 11) is 0. The minimum atomic E-state index is 0.0177. The molecule has 0 fully saturated rings. The van der Waals surface area contributed by atoms with E-state index >= 15 is 0 Å². The highest BCUT2D eigenvalue weighted by Crippen LogP contribution is 2.23. The molecule has 0 aliphatic rings. The number of nitrogens with one attached hydrogen (secondary N) is 2. The first kappa shape index (κ1) is 14.8. The first-order valence-electron chi connectivity index (χ1n) is 5.44. The van der Waals surface area contributed by atoms with Gasteiger partial charge in [0.05, 0.1) is 6.54 Å². The summed E-state index contributed by atoms with van der Waals surface area (Å²) >= 11 is 5.71. The average molecular weight is 411 g/mol. The van der Waals surface area contributed by atoms with Crippen LogP contribution < -0.4 is 10.6 Å². The van der Waals surface area contributed by atoms with Crippen molar-refractivity contribution in [3.63, 3.8) is 0 Å². The first-order chi connectivity index (χ1) is 7.99. The fraction of sp³-hybridized carbons (Fsp3) is 0.417. The summed E-state index contributed by atoms with van der Waals surface area (Å²) in [5.41, 5.74) is 0.935. The number of hydrogen-bond donors (Lipinski definition) is 2. The minimum absolute atomic E-state index is 0.0177. The molecule has 17 heavy (non-hydrogen) atoms. The molecule has 1 aromatic carbocycles. The van der Waals surface area contributed by atoms with Crippen molar-refractivity contribution < 1.29 is 4.79 Å². The van der Waals surface area contributed by atoms with Crippen molar-refractivity contribution in [1.82, 2.24) is 5.32 Å². The second-order valence-electron chi connectivity index (χ2n) is 4.18. The largest absolute Gasteiger partial charge is 0.375 e. The molecule has 0 saturated heterocycles. The lowest BCUT2D eigenvalue weighted by molar-refractivity contribution is -0.119. The van der Waals surface area contributed by atoms with Crippen LogP contribution in [0.4, 0.5) is 5.69 Å². The van der Waals surface area contributed by atoms with Crippen LogP contribution in [-0.4, -0.2) is 19.0 Å². The Balaban J connectivity index is 2.42. The van der Waals surface area contributed by atoms with Gasteiger partial charge in [0.1, 0.15) is 0 Å². The van der Waals surface area contributed by atoms with Gasteiger partial charge in [0.15, 0.2) is 0 Å². The molecule has 2 N–H and O–H groups in total. The van der Waals surface area contributed by atoms with E-state index in [2.05, 4.69) is 63.0 Å². The van der Waals surface area contributed by atoms with Crippen LogP contribution in [0.3, 0.4) is 0 Å². The molecule has 5 heteroatoms. The van der Waals surface area contributed by atoms with E-state index in [9.17, 15) is 4.79 Å². The van der Waals surface area contributed by atoms with Crippen molar-refractivity contribution in [2.24, 2.45) is 5.92 Å². The molecule has 1 rings (SSSR count). The molecule has 1 amide bonds. The van der Waals surface area contributed by atoms with Crippen LogP contribution in [0, 0.1) is 9.49 Å². The van der Waals surface area contributed by atoms with Crippen molar-refractivity contribution in [3.8, 4) is 0 Å². The molecule has 94 valence electrons. The third-order valence-electron chi connectivity index (χ3n) is 2.08. The zero-order valence-electron chi connectivity index (χ0n) is 9.89. The number of rotatable bonds is 5. The molecule has 0 saturated carbocycles. The van der Waals surface area contributed by atoms with Gasteiger partial charge in [0.25, 0.3) is 0 Å². The minimum Gasteiger partial charge on any atom is -0.375 e. The summed E-state index contributed by atoms with van der Waals surface area (Å²) in [6.07, 6.45) is 0. The smallest absolute Gasteiger partial charge is 0.239 e. The van der Waals surface area contributed by atoms with Crippen molar-refractivity contribution in [2.75, 3.05) is 18.4 Å². The van der Waals surface area contributed by atoms with Gasteiger partial charge in [0, 0.05) is 20.3 Å². The molecule has 0 atom stereocenters. The van der Waals surface area contributed by atoms with Gasteiger partial charge in [-0.15, -0.1) is 0 Å². The Morgan fingerprint density at radius 1 is 1.47 bits per heavy atom. The normalized spacial score (nSPS) is 10.4. The number of halogens is 2. The van der Waals surface area contributed by atoms with Gasteiger partial charge in [-0.1, -0.05) is 13.8 Å². The predicted octanol–water partition coefficient (Wildman–Crippen LogP) is 3.24. The Labute approximate surface area is 124 Å². The van der Waals surface area contributed by atoms with Crippen LogP contribution in [0.2, 0.25) is 0 Å². The van der Waals surface area contributed by atoms with Gasteiger partial charge < -0.3 is 10.6 Å². The SMILES string of the molecule is CC(C)CNC(=O)CNc1ccc(I)cc1Br. The third kappa shape index (κ3) is 5.72. The number of hydrogen-bond acceptors (Lipinski definition) is 2. The molecule has 0 radical (unpaired) electrons. The van der Waals surface area contributed by atoms with Crippen LogP contribution in [-0.2, 0) is 4.79 Å². The number of carbonyl (C=O) groups is 1. The Morgan fingerprint density at radius 3 is 2.76 bits per heavy atom. The van der Waals surface area contributed by atoms with Gasteiger partial charge >= 0.3 is 0 Å². The van der Waals surface area contributed by atoms with Crippen LogP contribution >= 0.6 is 38.5 Å². The van der Waals surface area contributed by atoms with Crippen molar-refractivity contribution in [2.45, 2.75) is 13.8 Å². The molecule has 0 aliphatic heterocycles. The summed E-state index contributed by atoms with van der Waals surface area (Å²) in [5, 5.41) is 5.97. The lowest BCUT2D eigenvalue weighted by Gasteiger charge is -2.10. The molecule has 0 spiro atoms. The van der Waals surface area contributed by atoms with E-state index in [-0.39, 0.29) is 5.91 Å². The van der Waals surface area contributed by atoms with Crippen LogP contribution in [0.1, 0.15) is 13.8 Å². The Morgan fingerprint density at radius 2 is 2.18 bits per heavy atom. The lowest BCUT2D eigenvalue weighted by Crippen LogP contribution is -2.32. The van der Waals surface area contributed by atoms with E-state index in [1.165, 1.54) is 0 Å². The molecule has 0 unspecified atom stereocenters. The van der Waals surface area contributed by atoms with Crippen LogP contribution in [0.5, 0.6) is 0 Å². The Kier molecular flexibility index (Phi) is 6.26. The maximum atomic E-state index is 11.5. The summed E-state index contributed by atoms with van der Waals surface area (Å²) in [5.74, 6) is 0.494. The number of amides is 1. The molecule has 1 aromatic rings. The summed E-state index contributed by atoms with van der Waals surface area (Å²) in [6.45, 7) is 5.16. The van der Waals surface area contributed by atoms with Gasteiger partial charge in [-0.25, -0.2) is 0 Å². The van der Waals surface area contributed by atoms with E-state index in [0.717, 1.165) is 13.7 Å². The lowest BCUT2D eigenvalue weighted by atomic mass is 10.2. The molecular weight excluding hydrogens is 395 g/mol. The van der Waals surface area contributed by atoms with E-state index in [4.69, 9.17) is 0 Å². The van der Waals surface area contributed by atoms with Gasteiger partial charge in [-0.2, -0.15) is 0 Å². The monoisotopic (exact) mass is 410 g/mol. The van der Waals surface area contributed by atoms with Gasteiger partial charge in [-0.05, 0) is 62.6 Å². The average Bonchev–Trinajstić information content (AvgIpc) is 2.25. The fourth-order valence-electron chi connectivity index (χ4n) is 1.19. The summed E-state index contributed by atoms with van der Waals surface area (Å²) in [6, 6.07) is 5.97. The highest BCUT2D eigenvalue weighted by Gasteiger charge is 2.04. The maximum Gasteiger partial charge on any atom is 0.239 e. The standard InChI is InChI=1S/C12H16BrIN2O/c1-8(2)6-16-12(17)7-15-11-4-3-9(14)5-10(11)13/h3-5,8,15H,6-7H2,1-2H3,(H,16,17). The van der Waals surface area contributed by atoms with Crippen LogP contribution in [0.25, 0.3) is 0 Å². The summed E-state index contributed by atoms with van der Waals surface area (Å²) < 4.78 is 2.13. The molecular formula is C12H16BrIN2O. The van der Waals surface area contributed by atoms with Crippen molar-refractivity contribution >= 4 is 50.1 Å². The van der Waals surface area contributed by atoms with E-state index in [1.54, 1.807) is 0 Å². The number of benzene rings is 1. The number of carbonyl (C=O) groups excluding carboxylic acids is 1. The second kappa shape index (κ2) is 7.20. The van der Waals surface area contributed by atoms with Crippen molar-refractivity contribution in [1.29, 1.82) is 0 Å². The number of anilines is 1. The molecule has 3 nitrogen and oxygen atoms in total. The molecule has 0 aromatic heterocycles.